The lowest BCUT2D eigenvalue weighted by molar-refractivity contribution is -0.137. The first-order valence-electron chi connectivity index (χ1n) is 7.82. The molecule has 0 radical (unpaired) electrons. The van der Waals surface area contributed by atoms with Gasteiger partial charge < -0.3 is 5.32 Å². The summed E-state index contributed by atoms with van der Waals surface area (Å²) in [6, 6.07) is 11.2. The Morgan fingerprint density at radius 1 is 0.833 bits per heavy atom. The molecule has 128 valence electrons. The summed E-state index contributed by atoms with van der Waals surface area (Å²) in [5.41, 5.74) is 0.985. The first-order chi connectivity index (χ1) is 11.4. The van der Waals surface area contributed by atoms with Crippen LogP contribution in [0.4, 0.5) is 17.6 Å². The average Bonchev–Trinajstić information content (AvgIpc) is 2.58. The van der Waals surface area contributed by atoms with Crippen LogP contribution in [-0.4, -0.2) is 31.1 Å². The maximum Gasteiger partial charge on any atom is 0.416 e. The van der Waals surface area contributed by atoms with Crippen LogP contribution in [-0.2, 0) is 6.18 Å². The fourth-order valence-electron chi connectivity index (χ4n) is 3.05. The van der Waals surface area contributed by atoms with E-state index < -0.39 is 11.7 Å². The minimum Gasteiger partial charge on any atom is -0.314 e. The van der Waals surface area contributed by atoms with E-state index in [0.29, 0.717) is 0 Å². The third kappa shape index (κ3) is 3.76. The average molecular weight is 338 g/mol. The standard InChI is InChI=1S/C18H18F4N2/c19-16-7-3-14(4-8-16)17(24-11-9-23-10-12-24)13-1-5-15(6-2-13)18(20,21)22/h1-8,17,23H,9-12H2/t17-/m1/s1. The van der Waals surface area contributed by atoms with Crippen LogP contribution in [0.2, 0.25) is 0 Å². The highest BCUT2D eigenvalue weighted by Gasteiger charge is 2.31. The quantitative estimate of drug-likeness (QED) is 0.856. The summed E-state index contributed by atoms with van der Waals surface area (Å²) in [5, 5.41) is 3.26. The van der Waals surface area contributed by atoms with Crippen molar-refractivity contribution in [3.05, 3.63) is 71.0 Å². The van der Waals surface area contributed by atoms with E-state index in [2.05, 4.69) is 10.2 Å². The summed E-state index contributed by atoms with van der Waals surface area (Å²) >= 11 is 0. The molecule has 0 aliphatic carbocycles. The lowest BCUT2D eigenvalue weighted by atomic mass is 9.95. The molecule has 0 unspecified atom stereocenters. The third-order valence-electron chi connectivity index (χ3n) is 4.26. The van der Waals surface area contributed by atoms with E-state index in [1.54, 1.807) is 12.1 Å². The predicted octanol–water partition coefficient (Wildman–Crippen LogP) is 3.84. The second kappa shape index (κ2) is 6.91. The van der Waals surface area contributed by atoms with Gasteiger partial charge in [-0.15, -0.1) is 0 Å². The molecule has 1 saturated heterocycles. The molecule has 1 N–H and O–H groups in total. The van der Waals surface area contributed by atoms with Crippen molar-refractivity contribution >= 4 is 0 Å². The number of nitrogens with zero attached hydrogens (tertiary/aromatic N) is 1. The van der Waals surface area contributed by atoms with Gasteiger partial charge in [0.15, 0.2) is 0 Å². The van der Waals surface area contributed by atoms with E-state index in [0.717, 1.165) is 49.4 Å². The zero-order chi connectivity index (χ0) is 17.2. The normalized spacial score (nSPS) is 17.7. The Balaban J connectivity index is 1.96. The highest BCUT2D eigenvalue weighted by atomic mass is 19.4. The lowest BCUT2D eigenvalue weighted by Crippen LogP contribution is -2.45. The van der Waals surface area contributed by atoms with E-state index in [1.807, 2.05) is 0 Å². The number of piperazine rings is 1. The van der Waals surface area contributed by atoms with E-state index in [4.69, 9.17) is 0 Å². The molecule has 1 atom stereocenters. The van der Waals surface area contributed by atoms with Gasteiger partial charge in [0.05, 0.1) is 11.6 Å². The zero-order valence-corrected chi connectivity index (χ0v) is 13.0. The molecular formula is C18H18F4N2. The van der Waals surface area contributed by atoms with E-state index >= 15 is 0 Å². The van der Waals surface area contributed by atoms with Gasteiger partial charge in [-0.1, -0.05) is 24.3 Å². The van der Waals surface area contributed by atoms with Crippen molar-refractivity contribution in [2.45, 2.75) is 12.2 Å². The van der Waals surface area contributed by atoms with Crippen LogP contribution in [0.5, 0.6) is 0 Å². The SMILES string of the molecule is Fc1ccc([C@@H](c2ccc(C(F)(F)F)cc2)N2CCNCC2)cc1. The molecule has 24 heavy (non-hydrogen) atoms. The molecule has 0 spiro atoms. The third-order valence-corrected chi connectivity index (χ3v) is 4.26. The minimum atomic E-state index is -4.35. The molecule has 2 aromatic rings. The van der Waals surface area contributed by atoms with Crippen LogP contribution in [0.1, 0.15) is 22.7 Å². The molecular weight excluding hydrogens is 320 g/mol. The number of hydrogen-bond donors (Lipinski definition) is 1. The molecule has 3 rings (SSSR count). The number of halogens is 4. The van der Waals surface area contributed by atoms with Gasteiger partial charge in [-0.05, 0) is 35.4 Å². The van der Waals surface area contributed by atoms with Gasteiger partial charge in [0.1, 0.15) is 5.82 Å². The van der Waals surface area contributed by atoms with Crippen molar-refractivity contribution in [3.8, 4) is 0 Å². The van der Waals surface area contributed by atoms with Crippen LogP contribution in [0.3, 0.4) is 0 Å². The highest BCUT2D eigenvalue weighted by molar-refractivity contribution is 5.34. The predicted molar refractivity (Wildman–Crippen MR) is 84.1 cm³/mol. The Labute approximate surface area is 138 Å². The zero-order valence-electron chi connectivity index (χ0n) is 13.0. The van der Waals surface area contributed by atoms with Crippen molar-refractivity contribution in [2.24, 2.45) is 0 Å². The first kappa shape index (κ1) is 16.9. The maximum absolute atomic E-state index is 13.2. The minimum absolute atomic E-state index is 0.185. The Kier molecular flexibility index (Phi) is 4.87. The Morgan fingerprint density at radius 3 is 1.83 bits per heavy atom. The molecule has 1 aliphatic rings. The lowest BCUT2D eigenvalue weighted by Gasteiger charge is -2.35. The van der Waals surface area contributed by atoms with Crippen LogP contribution in [0, 0.1) is 5.82 Å². The van der Waals surface area contributed by atoms with Crippen molar-refractivity contribution in [3.63, 3.8) is 0 Å². The topological polar surface area (TPSA) is 15.3 Å². The maximum atomic E-state index is 13.2. The molecule has 6 heteroatoms. The van der Waals surface area contributed by atoms with Gasteiger partial charge in [-0.3, -0.25) is 4.90 Å². The number of nitrogens with one attached hydrogen (secondary N) is 1. The van der Waals surface area contributed by atoms with Crippen molar-refractivity contribution in [2.75, 3.05) is 26.2 Å². The van der Waals surface area contributed by atoms with Crippen LogP contribution >= 0.6 is 0 Å². The Morgan fingerprint density at radius 2 is 1.33 bits per heavy atom. The summed E-state index contributed by atoms with van der Waals surface area (Å²) < 4.78 is 51.6. The fourth-order valence-corrected chi connectivity index (χ4v) is 3.05. The molecule has 0 aromatic heterocycles. The van der Waals surface area contributed by atoms with E-state index in [1.165, 1.54) is 24.3 Å². The summed E-state index contributed by atoms with van der Waals surface area (Å²) in [4.78, 5) is 2.20. The summed E-state index contributed by atoms with van der Waals surface area (Å²) in [6.45, 7) is 3.20. The van der Waals surface area contributed by atoms with Crippen LogP contribution < -0.4 is 5.32 Å². The number of benzene rings is 2. The van der Waals surface area contributed by atoms with Crippen molar-refractivity contribution in [1.82, 2.24) is 10.2 Å². The number of alkyl halides is 3. The molecule has 1 fully saturated rings. The summed E-state index contributed by atoms with van der Waals surface area (Å²) in [5.74, 6) is -0.328. The second-order valence-corrected chi connectivity index (χ2v) is 5.86. The van der Waals surface area contributed by atoms with Gasteiger partial charge >= 0.3 is 6.18 Å². The van der Waals surface area contributed by atoms with Gasteiger partial charge in [0.2, 0.25) is 0 Å². The molecule has 0 bridgehead atoms. The molecule has 0 saturated carbocycles. The monoisotopic (exact) mass is 338 g/mol. The Bertz CT molecular complexity index is 659. The smallest absolute Gasteiger partial charge is 0.314 e. The van der Waals surface area contributed by atoms with Crippen molar-refractivity contribution < 1.29 is 17.6 Å². The summed E-state index contributed by atoms with van der Waals surface area (Å²) in [7, 11) is 0. The van der Waals surface area contributed by atoms with Gasteiger partial charge in [-0.2, -0.15) is 13.2 Å². The number of rotatable bonds is 3. The molecule has 2 nitrogen and oxygen atoms in total. The van der Waals surface area contributed by atoms with Crippen LogP contribution in [0.15, 0.2) is 48.5 Å². The van der Waals surface area contributed by atoms with Crippen molar-refractivity contribution in [1.29, 1.82) is 0 Å². The van der Waals surface area contributed by atoms with E-state index in [9.17, 15) is 17.6 Å². The summed E-state index contributed by atoms with van der Waals surface area (Å²) in [6.07, 6.45) is -4.35. The first-order valence-corrected chi connectivity index (χ1v) is 7.82. The molecule has 2 aromatic carbocycles. The second-order valence-electron chi connectivity index (χ2n) is 5.86. The van der Waals surface area contributed by atoms with Crippen LogP contribution in [0.25, 0.3) is 0 Å². The fraction of sp³-hybridized carbons (Fsp3) is 0.333. The highest BCUT2D eigenvalue weighted by Crippen LogP contribution is 2.33. The van der Waals surface area contributed by atoms with Gasteiger partial charge in [0, 0.05) is 26.2 Å². The van der Waals surface area contributed by atoms with E-state index in [-0.39, 0.29) is 11.9 Å². The van der Waals surface area contributed by atoms with Gasteiger partial charge in [-0.25, -0.2) is 4.39 Å². The largest absolute Gasteiger partial charge is 0.416 e. The molecule has 0 amide bonds. The van der Waals surface area contributed by atoms with Gasteiger partial charge in [0.25, 0.3) is 0 Å². The molecule has 1 heterocycles. The number of hydrogen-bond acceptors (Lipinski definition) is 2. The molecule has 1 aliphatic heterocycles. The Hall–Kier alpha value is -1.92.